The molecule has 0 aliphatic carbocycles. The highest BCUT2D eigenvalue weighted by molar-refractivity contribution is 5.82. The van der Waals surface area contributed by atoms with Crippen molar-refractivity contribution in [3.05, 3.63) is 0 Å². The molecule has 16 heavy (non-hydrogen) atoms. The van der Waals surface area contributed by atoms with Crippen molar-refractivity contribution < 1.29 is 4.79 Å². The SMILES string of the molecule is CCC(C)[C@H](N)C(=O)NC1CCN(C)CC1. The fourth-order valence-corrected chi connectivity index (χ4v) is 1.96. The first-order valence-corrected chi connectivity index (χ1v) is 6.29. The summed E-state index contributed by atoms with van der Waals surface area (Å²) < 4.78 is 0. The van der Waals surface area contributed by atoms with Crippen LogP contribution in [0.1, 0.15) is 33.1 Å². The van der Waals surface area contributed by atoms with Crippen molar-refractivity contribution in [2.45, 2.75) is 45.2 Å². The third-order valence-electron chi connectivity index (χ3n) is 3.62. The zero-order valence-electron chi connectivity index (χ0n) is 10.7. The van der Waals surface area contributed by atoms with Gasteiger partial charge in [0.25, 0.3) is 0 Å². The number of nitrogens with two attached hydrogens (primary N) is 1. The zero-order chi connectivity index (χ0) is 12.1. The molecule has 0 aromatic heterocycles. The van der Waals surface area contributed by atoms with Crippen LogP contribution in [0.5, 0.6) is 0 Å². The van der Waals surface area contributed by atoms with Gasteiger partial charge in [0.1, 0.15) is 0 Å². The van der Waals surface area contributed by atoms with Gasteiger partial charge in [0.05, 0.1) is 6.04 Å². The van der Waals surface area contributed by atoms with Gasteiger partial charge >= 0.3 is 0 Å². The van der Waals surface area contributed by atoms with Crippen LogP contribution in [0.25, 0.3) is 0 Å². The largest absolute Gasteiger partial charge is 0.352 e. The number of amides is 1. The zero-order valence-corrected chi connectivity index (χ0v) is 10.7. The lowest BCUT2D eigenvalue weighted by Gasteiger charge is -2.30. The minimum absolute atomic E-state index is 0.0175. The number of nitrogens with zero attached hydrogens (tertiary/aromatic N) is 1. The lowest BCUT2D eigenvalue weighted by molar-refractivity contribution is -0.124. The maximum absolute atomic E-state index is 11.8. The third kappa shape index (κ3) is 3.76. The van der Waals surface area contributed by atoms with Gasteiger partial charge in [-0.15, -0.1) is 0 Å². The quantitative estimate of drug-likeness (QED) is 0.738. The Balaban J connectivity index is 2.33. The molecule has 0 spiro atoms. The van der Waals surface area contributed by atoms with Gasteiger partial charge in [-0.2, -0.15) is 0 Å². The average molecular weight is 227 g/mol. The van der Waals surface area contributed by atoms with E-state index in [0.717, 1.165) is 32.4 Å². The van der Waals surface area contributed by atoms with E-state index in [0.29, 0.717) is 6.04 Å². The molecule has 1 unspecified atom stereocenters. The molecule has 3 N–H and O–H groups in total. The highest BCUT2D eigenvalue weighted by Crippen LogP contribution is 2.10. The molecule has 1 heterocycles. The minimum Gasteiger partial charge on any atom is -0.352 e. The number of nitrogens with one attached hydrogen (secondary N) is 1. The molecular weight excluding hydrogens is 202 g/mol. The van der Waals surface area contributed by atoms with Crippen molar-refractivity contribution in [2.75, 3.05) is 20.1 Å². The van der Waals surface area contributed by atoms with Gasteiger partial charge in [0, 0.05) is 6.04 Å². The highest BCUT2D eigenvalue weighted by atomic mass is 16.2. The van der Waals surface area contributed by atoms with Gasteiger partial charge in [-0.3, -0.25) is 4.79 Å². The van der Waals surface area contributed by atoms with Crippen LogP contribution in [0.4, 0.5) is 0 Å². The normalized spacial score (nSPS) is 22.8. The summed E-state index contributed by atoms with van der Waals surface area (Å²) in [5.74, 6) is 0.273. The highest BCUT2D eigenvalue weighted by Gasteiger charge is 2.23. The number of rotatable bonds is 4. The molecule has 94 valence electrons. The molecule has 0 radical (unpaired) electrons. The number of piperidine rings is 1. The van der Waals surface area contributed by atoms with E-state index in [1.165, 1.54) is 0 Å². The first kappa shape index (κ1) is 13.5. The van der Waals surface area contributed by atoms with Crippen molar-refractivity contribution >= 4 is 5.91 Å². The van der Waals surface area contributed by atoms with Crippen LogP contribution >= 0.6 is 0 Å². The molecule has 0 aromatic rings. The van der Waals surface area contributed by atoms with Gasteiger partial charge < -0.3 is 16.0 Å². The van der Waals surface area contributed by atoms with Crippen molar-refractivity contribution in [1.29, 1.82) is 0 Å². The molecule has 1 saturated heterocycles. The Bertz CT molecular complexity index is 224. The fraction of sp³-hybridized carbons (Fsp3) is 0.917. The van der Waals surface area contributed by atoms with E-state index in [9.17, 15) is 4.79 Å². The van der Waals surface area contributed by atoms with Gasteiger partial charge in [0.15, 0.2) is 0 Å². The Morgan fingerprint density at radius 2 is 2.06 bits per heavy atom. The van der Waals surface area contributed by atoms with Gasteiger partial charge in [-0.05, 0) is 38.9 Å². The molecule has 4 nitrogen and oxygen atoms in total. The number of carbonyl (C=O) groups excluding carboxylic acids is 1. The van der Waals surface area contributed by atoms with Gasteiger partial charge in [0.2, 0.25) is 5.91 Å². The molecule has 4 heteroatoms. The molecule has 2 atom stereocenters. The number of hydrogen-bond acceptors (Lipinski definition) is 3. The van der Waals surface area contributed by atoms with Crippen molar-refractivity contribution in [3.8, 4) is 0 Å². The smallest absolute Gasteiger partial charge is 0.237 e. The Morgan fingerprint density at radius 1 is 1.50 bits per heavy atom. The topological polar surface area (TPSA) is 58.4 Å². The summed E-state index contributed by atoms with van der Waals surface area (Å²) in [5, 5.41) is 3.06. The van der Waals surface area contributed by atoms with E-state index in [1.807, 2.05) is 6.92 Å². The van der Waals surface area contributed by atoms with Crippen LogP contribution in [0.3, 0.4) is 0 Å². The average Bonchev–Trinajstić information content (AvgIpc) is 2.30. The Morgan fingerprint density at radius 3 is 2.56 bits per heavy atom. The fourth-order valence-electron chi connectivity index (χ4n) is 1.96. The van der Waals surface area contributed by atoms with E-state index >= 15 is 0 Å². The van der Waals surface area contributed by atoms with E-state index in [1.54, 1.807) is 0 Å². The lowest BCUT2D eigenvalue weighted by atomic mass is 9.98. The van der Waals surface area contributed by atoms with Crippen LogP contribution < -0.4 is 11.1 Å². The van der Waals surface area contributed by atoms with Crippen LogP contribution in [-0.4, -0.2) is 43.0 Å². The predicted octanol–water partition coefficient (Wildman–Crippen LogP) is 0.570. The second-order valence-corrected chi connectivity index (χ2v) is 5.00. The molecule has 0 saturated carbocycles. The second kappa shape index (κ2) is 6.21. The van der Waals surface area contributed by atoms with E-state index in [2.05, 4.69) is 24.2 Å². The summed E-state index contributed by atoms with van der Waals surface area (Å²) in [7, 11) is 2.11. The standard InChI is InChI=1S/C12H25N3O/c1-4-9(2)11(13)12(16)14-10-5-7-15(3)8-6-10/h9-11H,4-8,13H2,1-3H3,(H,14,16)/t9?,11-/m0/s1. The molecule has 1 aliphatic rings. The first-order chi connectivity index (χ1) is 7.54. The Hall–Kier alpha value is -0.610. The van der Waals surface area contributed by atoms with Crippen molar-refractivity contribution in [1.82, 2.24) is 10.2 Å². The molecule has 1 aliphatic heterocycles. The molecule has 1 fully saturated rings. The third-order valence-corrected chi connectivity index (χ3v) is 3.62. The summed E-state index contributed by atoms with van der Waals surface area (Å²) in [6.45, 7) is 6.21. The molecule has 1 rings (SSSR count). The molecule has 0 aromatic carbocycles. The first-order valence-electron chi connectivity index (χ1n) is 6.29. The monoisotopic (exact) mass is 227 g/mol. The maximum atomic E-state index is 11.8. The van der Waals surface area contributed by atoms with Crippen LogP contribution in [0.2, 0.25) is 0 Å². The predicted molar refractivity (Wildman–Crippen MR) is 66.1 cm³/mol. The molecular formula is C12H25N3O. The number of hydrogen-bond donors (Lipinski definition) is 2. The van der Waals surface area contributed by atoms with Crippen molar-refractivity contribution in [3.63, 3.8) is 0 Å². The van der Waals surface area contributed by atoms with Gasteiger partial charge in [-0.25, -0.2) is 0 Å². The minimum atomic E-state index is -0.357. The Kier molecular flexibility index (Phi) is 5.22. The van der Waals surface area contributed by atoms with E-state index in [-0.39, 0.29) is 17.9 Å². The van der Waals surface area contributed by atoms with E-state index in [4.69, 9.17) is 5.73 Å². The van der Waals surface area contributed by atoms with E-state index < -0.39 is 0 Å². The number of carbonyl (C=O) groups is 1. The van der Waals surface area contributed by atoms with Crippen LogP contribution in [0.15, 0.2) is 0 Å². The Labute approximate surface area is 98.6 Å². The summed E-state index contributed by atoms with van der Waals surface area (Å²) >= 11 is 0. The molecule has 0 bridgehead atoms. The number of likely N-dealkylation sites (tertiary alicyclic amines) is 1. The van der Waals surface area contributed by atoms with Crippen molar-refractivity contribution in [2.24, 2.45) is 11.7 Å². The second-order valence-electron chi connectivity index (χ2n) is 5.00. The van der Waals surface area contributed by atoms with Crippen LogP contribution in [-0.2, 0) is 4.79 Å². The van der Waals surface area contributed by atoms with Crippen LogP contribution in [0, 0.1) is 5.92 Å². The summed E-state index contributed by atoms with van der Waals surface area (Å²) in [4.78, 5) is 14.1. The maximum Gasteiger partial charge on any atom is 0.237 e. The lowest BCUT2D eigenvalue weighted by Crippen LogP contribution is -2.50. The van der Waals surface area contributed by atoms with Gasteiger partial charge in [-0.1, -0.05) is 20.3 Å². The molecule has 1 amide bonds. The summed E-state index contributed by atoms with van der Waals surface area (Å²) in [5.41, 5.74) is 5.89. The summed E-state index contributed by atoms with van der Waals surface area (Å²) in [6, 6.07) is -0.0385. The summed E-state index contributed by atoms with van der Waals surface area (Å²) in [6.07, 6.45) is 3.02.